The molecule has 4 heteroatoms. The fourth-order valence-corrected chi connectivity index (χ4v) is 3.35. The van der Waals surface area contributed by atoms with Crippen LogP contribution in [0.25, 0.3) is 0 Å². The van der Waals surface area contributed by atoms with Gasteiger partial charge in [0, 0.05) is 17.1 Å². The van der Waals surface area contributed by atoms with Gasteiger partial charge in [-0.1, -0.05) is 48.5 Å². The summed E-state index contributed by atoms with van der Waals surface area (Å²) in [5.41, 5.74) is 4.01. The average molecular weight is 350 g/mol. The van der Waals surface area contributed by atoms with Gasteiger partial charge in [-0.05, 0) is 48.1 Å². The Morgan fingerprint density at radius 1 is 1.04 bits per heavy atom. The number of carbonyl (C=O) groups is 1. The highest BCUT2D eigenvalue weighted by molar-refractivity contribution is 7.09. The smallest absolute Gasteiger partial charge is 0.246 e. The number of aryl methyl sites for hydroxylation is 2. The molecule has 3 rings (SSSR count). The number of thiophene rings is 1. The summed E-state index contributed by atoms with van der Waals surface area (Å²) in [6, 6.07) is 19.6. The Balaban J connectivity index is 1.80. The predicted molar refractivity (Wildman–Crippen MR) is 105 cm³/mol. The zero-order chi connectivity index (χ0) is 17.6. The first kappa shape index (κ1) is 17.4. The van der Waals surface area contributed by atoms with Crippen molar-refractivity contribution >= 4 is 22.9 Å². The lowest BCUT2D eigenvalue weighted by molar-refractivity contribution is -0.118. The van der Waals surface area contributed by atoms with Crippen LogP contribution in [0.15, 0.2) is 66.0 Å². The minimum Gasteiger partial charge on any atom is -0.324 e. The lowest BCUT2D eigenvalue weighted by atomic mass is 10.1. The largest absolute Gasteiger partial charge is 0.324 e. The Bertz CT molecular complexity index is 828. The van der Waals surface area contributed by atoms with Crippen LogP contribution in [0.4, 0.5) is 5.69 Å². The van der Waals surface area contributed by atoms with Crippen LogP contribution in [0.5, 0.6) is 0 Å². The summed E-state index contributed by atoms with van der Waals surface area (Å²) in [4.78, 5) is 14.2. The van der Waals surface area contributed by atoms with Gasteiger partial charge in [0.05, 0.1) is 0 Å². The molecule has 128 valence electrons. The van der Waals surface area contributed by atoms with E-state index in [0.717, 1.165) is 22.4 Å². The van der Waals surface area contributed by atoms with Crippen molar-refractivity contribution in [3.05, 3.63) is 87.6 Å². The fourth-order valence-electron chi connectivity index (χ4n) is 2.70. The molecule has 0 aliphatic rings. The molecule has 1 amide bonds. The van der Waals surface area contributed by atoms with Crippen molar-refractivity contribution in [2.45, 2.75) is 26.4 Å². The van der Waals surface area contributed by atoms with E-state index in [1.54, 1.807) is 11.3 Å². The van der Waals surface area contributed by atoms with Crippen LogP contribution in [0.3, 0.4) is 0 Å². The topological polar surface area (TPSA) is 41.1 Å². The summed E-state index contributed by atoms with van der Waals surface area (Å²) >= 11 is 1.69. The first-order valence-corrected chi connectivity index (χ1v) is 9.20. The minimum absolute atomic E-state index is 0.0449. The molecular formula is C21H22N2OS. The number of benzene rings is 2. The van der Waals surface area contributed by atoms with Crippen LogP contribution in [-0.2, 0) is 11.3 Å². The van der Waals surface area contributed by atoms with Gasteiger partial charge in [-0.2, -0.15) is 0 Å². The number of anilines is 1. The molecule has 1 atom stereocenters. The Hall–Kier alpha value is -2.43. The molecule has 1 aromatic heterocycles. The second-order valence-electron chi connectivity index (χ2n) is 6.11. The first-order chi connectivity index (χ1) is 12.1. The maximum Gasteiger partial charge on any atom is 0.246 e. The van der Waals surface area contributed by atoms with E-state index in [0.29, 0.717) is 6.54 Å². The monoisotopic (exact) mass is 350 g/mol. The fraction of sp³-hybridized carbons (Fsp3) is 0.190. The van der Waals surface area contributed by atoms with Gasteiger partial charge in [-0.15, -0.1) is 11.3 Å². The van der Waals surface area contributed by atoms with Crippen LogP contribution < -0.4 is 10.6 Å². The molecule has 2 aromatic carbocycles. The molecular weight excluding hydrogens is 328 g/mol. The van der Waals surface area contributed by atoms with E-state index in [1.807, 2.05) is 67.8 Å². The second-order valence-corrected chi connectivity index (χ2v) is 7.14. The third-order valence-corrected chi connectivity index (χ3v) is 4.98. The molecule has 0 spiro atoms. The number of hydrogen-bond donors (Lipinski definition) is 2. The highest BCUT2D eigenvalue weighted by atomic mass is 32.1. The van der Waals surface area contributed by atoms with Crippen LogP contribution in [0, 0.1) is 13.8 Å². The van der Waals surface area contributed by atoms with Gasteiger partial charge >= 0.3 is 0 Å². The van der Waals surface area contributed by atoms with Crippen LogP contribution in [-0.4, -0.2) is 5.91 Å². The normalized spacial score (nSPS) is 11.9. The van der Waals surface area contributed by atoms with Gasteiger partial charge in [0.15, 0.2) is 0 Å². The van der Waals surface area contributed by atoms with E-state index >= 15 is 0 Å². The van der Waals surface area contributed by atoms with E-state index in [2.05, 4.69) is 22.8 Å². The molecule has 0 unspecified atom stereocenters. The summed E-state index contributed by atoms with van der Waals surface area (Å²) in [6.07, 6.45) is 0. The summed E-state index contributed by atoms with van der Waals surface area (Å²) in [5, 5.41) is 8.52. The Labute approximate surface area is 152 Å². The van der Waals surface area contributed by atoms with E-state index in [1.165, 1.54) is 4.88 Å². The molecule has 0 saturated carbocycles. The van der Waals surface area contributed by atoms with Gasteiger partial charge in [0.1, 0.15) is 6.04 Å². The van der Waals surface area contributed by atoms with Crippen LogP contribution in [0.2, 0.25) is 0 Å². The average Bonchev–Trinajstić information content (AvgIpc) is 3.13. The molecule has 1 heterocycles. The van der Waals surface area contributed by atoms with E-state index in [-0.39, 0.29) is 5.91 Å². The second kappa shape index (κ2) is 8.10. The molecule has 2 N–H and O–H groups in total. The van der Waals surface area contributed by atoms with E-state index in [4.69, 9.17) is 0 Å². The Morgan fingerprint density at radius 2 is 1.84 bits per heavy atom. The highest BCUT2D eigenvalue weighted by Crippen LogP contribution is 2.21. The molecule has 0 radical (unpaired) electrons. The van der Waals surface area contributed by atoms with Crippen molar-refractivity contribution in [1.29, 1.82) is 0 Å². The number of hydrogen-bond acceptors (Lipinski definition) is 3. The van der Waals surface area contributed by atoms with Gasteiger partial charge in [-0.3, -0.25) is 10.1 Å². The van der Waals surface area contributed by atoms with Gasteiger partial charge < -0.3 is 5.32 Å². The number of nitrogens with one attached hydrogen (secondary N) is 2. The lowest BCUT2D eigenvalue weighted by Gasteiger charge is -2.19. The first-order valence-electron chi connectivity index (χ1n) is 8.32. The van der Waals surface area contributed by atoms with Crippen molar-refractivity contribution in [2.24, 2.45) is 0 Å². The van der Waals surface area contributed by atoms with E-state index < -0.39 is 6.04 Å². The molecule has 0 bridgehead atoms. The van der Waals surface area contributed by atoms with Gasteiger partial charge in [0.25, 0.3) is 0 Å². The number of rotatable bonds is 6. The van der Waals surface area contributed by atoms with Crippen LogP contribution >= 0.6 is 11.3 Å². The summed E-state index contributed by atoms with van der Waals surface area (Å²) in [7, 11) is 0. The minimum atomic E-state index is -0.400. The standard InChI is InChI=1S/C21H22N2OS/c1-15-10-11-16(2)19(13-15)23-21(24)20(17-7-4-3-5-8-17)22-14-18-9-6-12-25-18/h3-13,20,22H,14H2,1-2H3,(H,23,24)/t20-/m1/s1. The van der Waals surface area contributed by atoms with Crippen molar-refractivity contribution in [3.63, 3.8) is 0 Å². The summed E-state index contributed by atoms with van der Waals surface area (Å²) in [6.45, 7) is 4.70. The maximum atomic E-state index is 13.0. The molecule has 0 fully saturated rings. The third-order valence-electron chi connectivity index (χ3n) is 4.11. The highest BCUT2D eigenvalue weighted by Gasteiger charge is 2.20. The molecule has 3 nitrogen and oxygen atoms in total. The summed E-state index contributed by atoms with van der Waals surface area (Å²) in [5.74, 6) is -0.0449. The molecule has 25 heavy (non-hydrogen) atoms. The van der Waals surface area contributed by atoms with Gasteiger partial charge in [-0.25, -0.2) is 0 Å². The lowest BCUT2D eigenvalue weighted by Crippen LogP contribution is -2.32. The van der Waals surface area contributed by atoms with Gasteiger partial charge in [0.2, 0.25) is 5.91 Å². The van der Waals surface area contributed by atoms with Crippen molar-refractivity contribution in [1.82, 2.24) is 5.32 Å². The third kappa shape index (κ3) is 4.56. The quantitative estimate of drug-likeness (QED) is 0.668. The molecule has 3 aromatic rings. The number of amides is 1. The number of carbonyl (C=O) groups excluding carboxylic acids is 1. The Kier molecular flexibility index (Phi) is 5.64. The zero-order valence-corrected chi connectivity index (χ0v) is 15.3. The van der Waals surface area contributed by atoms with E-state index in [9.17, 15) is 4.79 Å². The van der Waals surface area contributed by atoms with Crippen LogP contribution in [0.1, 0.15) is 27.6 Å². The molecule has 0 saturated heterocycles. The zero-order valence-electron chi connectivity index (χ0n) is 14.5. The van der Waals surface area contributed by atoms with Crippen molar-refractivity contribution < 1.29 is 4.79 Å². The molecule has 0 aliphatic heterocycles. The predicted octanol–water partition coefficient (Wildman–Crippen LogP) is 4.83. The van der Waals surface area contributed by atoms with Crippen molar-refractivity contribution in [3.8, 4) is 0 Å². The SMILES string of the molecule is Cc1ccc(C)c(NC(=O)[C@H](NCc2cccs2)c2ccccc2)c1. The van der Waals surface area contributed by atoms with Crippen molar-refractivity contribution in [2.75, 3.05) is 5.32 Å². The molecule has 0 aliphatic carbocycles. The maximum absolute atomic E-state index is 13.0. The summed E-state index contributed by atoms with van der Waals surface area (Å²) < 4.78 is 0. The Morgan fingerprint density at radius 3 is 2.56 bits per heavy atom.